The van der Waals surface area contributed by atoms with Gasteiger partial charge >= 0.3 is 5.97 Å². The number of pyridine rings is 1. The number of carbonyl (C=O) groups is 2. The van der Waals surface area contributed by atoms with E-state index in [1.807, 2.05) is 13.8 Å². The number of furan rings is 1. The Hall–Kier alpha value is -3.16. The maximum absolute atomic E-state index is 12.7. The van der Waals surface area contributed by atoms with E-state index in [1.54, 1.807) is 35.3 Å². The van der Waals surface area contributed by atoms with Gasteiger partial charge < -0.3 is 14.5 Å². The number of carbonyl (C=O) groups excluding carboxylic acids is 2. The van der Waals surface area contributed by atoms with Crippen LogP contribution in [0.15, 0.2) is 35.1 Å². The Morgan fingerprint density at radius 2 is 2.19 bits per heavy atom. The number of methoxy groups -OCH3 is 1. The third kappa shape index (κ3) is 3.44. The molecular weight excluding hydrogens is 336 g/mol. The summed E-state index contributed by atoms with van der Waals surface area (Å²) in [5.74, 6) is -0.126. The maximum atomic E-state index is 12.7. The smallest absolute Gasteiger partial charge is 0.307 e. The zero-order valence-electron chi connectivity index (χ0n) is 14.9. The minimum atomic E-state index is -0.380. The number of aromatic nitrogens is 3. The highest BCUT2D eigenvalue weighted by Gasteiger charge is 2.19. The van der Waals surface area contributed by atoms with E-state index in [9.17, 15) is 9.59 Å². The summed E-state index contributed by atoms with van der Waals surface area (Å²) in [6.45, 7) is 4.16. The standard InChI is InChI=1S/C18H20N4O4/c1-11(2)22-17-13(10-20-22)12(18(24)19-7-6-16(23)25-3)9-14(21-17)15-5-4-8-26-15/h4-5,8-11H,6-7H2,1-3H3,(H,19,24). The highest BCUT2D eigenvalue weighted by Crippen LogP contribution is 2.26. The molecule has 26 heavy (non-hydrogen) atoms. The molecule has 3 rings (SSSR count). The molecule has 0 saturated carbocycles. The fourth-order valence-corrected chi connectivity index (χ4v) is 2.61. The highest BCUT2D eigenvalue weighted by molar-refractivity contribution is 6.06. The molecule has 0 aliphatic rings. The van der Waals surface area contributed by atoms with Gasteiger partial charge in [0, 0.05) is 12.6 Å². The Morgan fingerprint density at radius 1 is 1.38 bits per heavy atom. The molecule has 0 atom stereocenters. The van der Waals surface area contributed by atoms with Crippen LogP contribution in [0.25, 0.3) is 22.5 Å². The maximum Gasteiger partial charge on any atom is 0.307 e. The molecule has 0 radical (unpaired) electrons. The molecule has 8 nitrogen and oxygen atoms in total. The first-order valence-electron chi connectivity index (χ1n) is 8.28. The van der Waals surface area contributed by atoms with Crippen molar-refractivity contribution < 1.29 is 18.7 Å². The second-order valence-corrected chi connectivity index (χ2v) is 6.03. The van der Waals surface area contributed by atoms with Crippen LogP contribution in [0.1, 0.15) is 36.7 Å². The average Bonchev–Trinajstić information content (AvgIpc) is 3.29. The summed E-state index contributed by atoms with van der Waals surface area (Å²) >= 11 is 0. The van der Waals surface area contributed by atoms with E-state index in [0.29, 0.717) is 28.1 Å². The molecule has 0 bridgehead atoms. The van der Waals surface area contributed by atoms with Gasteiger partial charge in [-0.15, -0.1) is 0 Å². The van der Waals surface area contributed by atoms with Gasteiger partial charge in [0.25, 0.3) is 5.91 Å². The van der Waals surface area contributed by atoms with Crippen LogP contribution in [0.4, 0.5) is 0 Å². The molecule has 0 fully saturated rings. The number of fused-ring (bicyclic) bond motifs is 1. The fraction of sp³-hybridized carbons (Fsp3) is 0.333. The van der Waals surface area contributed by atoms with E-state index in [2.05, 4.69) is 20.1 Å². The Morgan fingerprint density at radius 3 is 2.85 bits per heavy atom. The number of nitrogens with one attached hydrogen (secondary N) is 1. The topological polar surface area (TPSA) is 99.2 Å². The van der Waals surface area contributed by atoms with E-state index in [-0.39, 0.29) is 30.9 Å². The first-order valence-corrected chi connectivity index (χ1v) is 8.28. The van der Waals surface area contributed by atoms with Gasteiger partial charge in [-0.05, 0) is 32.0 Å². The summed E-state index contributed by atoms with van der Waals surface area (Å²) < 4.78 is 11.8. The second-order valence-electron chi connectivity index (χ2n) is 6.03. The normalized spacial score (nSPS) is 11.1. The van der Waals surface area contributed by atoms with Crippen molar-refractivity contribution in [1.29, 1.82) is 0 Å². The van der Waals surface area contributed by atoms with Gasteiger partial charge in [-0.2, -0.15) is 5.10 Å². The summed E-state index contributed by atoms with van der Waals surface area (Å²) in [7, 11) is 1.31. The van der Waals surface area contributed by atoms with Crippen LogP contribution in [-0.4, -0.2) is 40.3 Å². The van der Waals surface area contributed by atoms with Gasteiger partial charge in [0.05, 0.1) is 36.9 Å². The molecule has 0 aliphatic carbocycles. The van der Waals surface area contributed by atoms with Crippen molar-refractivity contribution in [3.63, 3.8) is 0 Å². The number of ether oxygens (including phenoxy) is 1. The molecule has 3 aromatic rings. The van der Waals surface area contributed by atoms with Gasteiger partial charge in [-0.1, -0.05) is 0 Å². The van der Waals surface area contributed by atoms with Crippen LogP contribution in [0.3, 0.4) is 0 Å². The highest BCUT2D eigenvalue weighted by atomic mass is 16.5. The van der Waals surface area contributed by atoms with Gasteiger partial charge in [0.15, 0.2) is 11.4 Å². The third-order valence-electron chi connectivity index (χ3n) is 3.92. The van der Waals surface area contributed by atoms with Gasteiger partial charge in [-0.25, -0.2) is 9.67 Å². The number of esters is 1. The quantitative estimate of drug-likeness (QED) is 0.682. The SMILES string of the molecule is COC(=O)CCNC(=O)c1cc(-c2ccco2)nc2c1cnn2C(C)C. The molecule has 1 N–H and O–H groups in total. The van der Waals surface area contributed by atoms with Gasteiger partial charge in [0.1, 0.15) is 5.69 Å². The van der Waals surface area contributed by atoms with E-state index >= 15 is 0 Å². The van der Waals surface area contributed by atoms with Gasteiger partial charge in [-0.3, -0.25) is 9.59 Å². The number of hydrogen-bond donors (Lipinski definition) is 1. The lowest BCUT2D eigenvalue weighted by Gasteiger charge is -2.10. The van der Waals surface area contributed by atoms with Crippen LogP contribution in [0.5, 0.6) is 0 Å². The molecule has 8 heteroatoms. The van der Waals surface area contributed by atoms with Crippen LogP contribution in [-0.2, 0) is 9.53 Å². The molecular formula is C18H20N4O4. The lowest BCUT2D eigenvalue weighted by Crippen LogP contribution is -2.26. The van der Waals surface area contributed by atoms with E-state index in [0.717, 1.165) is 0 Å². The summed E-state index contributed by atoms with van der Waals surface area (Å²) in [5.41, 5.74) is 1.58. The molecule has 3 heterocycles. The van der Waals surface area contributed by atoms with Crippen molar-refractivity contribution in [3.8, 4) is 11.5 Å². The van der Waals surface area contributed by atoms with Crippen LogP contribution in [0.2, 0.25) is 0 Å². The lowest BCUT2D eigenvalue weighted by molar-refractivity contribution is -0.140. The Kier molecular flexibility index (Phi) is 5.01. The molecule has 3 aromatic heterocycles. The number of rotatable bonds is 6. The predicted octanol–water partition coefficient (Wildman–Crippen LogP) is 2.57. The van der Waals surface area contributed by atoms with Crippen LogP contribution < -0.4 is 5.32 Å². The third-order valence-corrected chi connectivity index (χ3v) is 3.92. The van der Waals surface area contributed by atoms with Crippen molar-refractivity contribution in [2.45, 2.75) is 26.3 Å². The van der Waals surface area contributed by atoms with E-state index in [4.69, 9.17) is 4.42 Å². The Bertz CT molecular complexity index is 928. The first kappa shape index (κ1) is 17.7. The van der Waals surface area contributed by atoms with Crippen molar-refractivity contribution in [2.75, 3.05) is 13.7 Å². The molecule has 0 aromatic carbocycles. The monoisotopic (exact) mass is 356 g/mol. The average molecular weight is 356 g/mol. The van der Waals surface area contributed by atoms with Gasteiger partial charge in [0.2, 0.25) is 0 Å². The minimum Gasteiger partial charge on any atom is -0.469 e. The van der Waals surface area contributed by atoms with Crippen LogP contribution >= 0.6 is 0 Å². The first-order chi connectivity index (χ1) is 12.5. The van der Waals surface area contributed by atoms with E-state index in [1.165, 1.54) is 7.11 Å². The van der Waals surface area contributed by atoms with Crippen molar-refractivity contribution in [1.82, 2.24) is 20.1 Å². The summed E-state index contributed by atoms with van der Waals surface area (Å²) in [6, 6.07) is 5.29. The largest absolute Gasteiger partial charge is 0.469 e. The summed E-state index contributed by atoms with van der Waals surface area (Å²) in [4.78, 5) is 28.5. The molecule has 0 spiro atoms. The number of nitrogens with zero attached hydrogens (tertiary/aromatic N) is 3. The van der Waals surface area contributed by atoms with Crippen molar-refractivity contribution in [2.24, 2.45) is 0 Å². The Balaban J connectivity index is 2.00. The second kappa shape index (κ2) is 7.38. The molecule has 0 saturated heterocycles. The summed E-state index contributed by atoms with van der Waals surface area (Å²) in [6.07, 6.45) is 3.29. The minimum absolute atomic E-state index is 0.0853. The lowest BCUT2D eigenvalue weighted by atomic mass is 10.1. The Labute approximate surface area is 150 Å². The molecule has 136 valence electrons. The number of hydrogen-bond acceptors (Lipinski definition) is 6. The van der Waals surface area contributed by atoms with Crippen molar-refractivity contribution >= 4 is 22.9 Å². The number of amides is 1. The van der Waals surface area contributed by atoms with Crippen LogP contribution in [0, 0.1) is 0 Å². The zero-order valence-corrected chi connectivity index (χ0v) is 14.9. The molecule has 1 amide bonds. The zero-order chi connectivity index (χ0) is 18.7. The summed E-state index contributed by atoms with van der Waals surface area (Å²) in [5, 5.41) is 7.73. The van der Waals surface area contributed by atoms with Crippen molar-refractivity contribution in [3.05, 3.63) is 36.2 Å². The fourth-order valence-electron chi connectivity index (χ4n) is 2.61. The molecule has 0 aliphatic heterocycles. The van der Waals surface area contributed by atoms with E-state index < -0.39 is 0 Å². The predicted molar refractivity (Wildman–Crippen MR) is 94.6 cm³/mol. The molecule has 0 unspecified atom stereocenters.